The van der Waals surface area contributed by atoms with Crippen LogP contribution < -0.4 is 5.32 Å². The lowest BCUT2D eigenvalue weighted by Crippen LogP contribution is -2.30. The largest absolute Gasteiger partial charge is 0.310 e. The fourth-order valence-electron chi connectivity index (χ4n) is 3.13. The van der Waals surface area contributed by atoms with Crippen LogP contribution in [0.5, 0.6) is 0 Å². The minimum Gasteiger partial charge on any atom is -0.310 e. The monoisotopic (exact) mass is 292 g/mol. The molecule has 0 aromatic heterocycles. The van der Waals surface area contributed by atoms with Gasteiger partial charge in [-0.1, -0.05) is 31.9 Å². The third kappa shape index (κ3) is 5.08. The Morgan fingerprint density at radius 1 is 1.19 bits per heavy atom. The summed E-state index contributed by atoms with van der Waals surface area (Å²) in [5.74, 6) is -0.0924. The fraction of sp³-hybridized carbons (Fsp3) is 0.667. The molecule has 1 aromatic carbocycles. The van der Waals surface area contributed by atoms with Gasteiger partial charge in [-0.2, -0.15) is 0 Å². The third-order valence-electron chi connectivity index (χ3n) is 4.48. The van der Waals surface area contributed by atoms with Crippen molar-refractivity contribution >= 4 is 0 Å². The molecule has 1 saturated heterocycles. The van der Waals surface area contributed by atoms with E-state index in [1.54, 1.807) is 6.07 Å². The number of rotatable bonds is 6. The van der Waals surface area contributed by atoms with E-state index in [-0.39, 0.29) is 11.9 Å². The normalized spacial score (nSPS) is 18.4. The van der Waals surface area contributed by atoms with E-state index in [0.717, 1.165) is 30.6 Å². The van der Waals surface area contributed by atoms with Crippen LogP contribution in [-0.4, -0.2) is 31.1 Å². The lowest BCUT2D eigenvalue weighted by atomic mass is 10.0. The number of benzene rings is 1. The lowest BCUT2D eigenvalue weighted by molar-refractivity contribution is 0.266. The lowest BCUT2D eigenvalue weighted by Gasteiger charge is -2.24. The number of hydrogen-bond acceptors (Lipinski definition) is 2. The zero-order chi connectivity index (χ0) is 15.1. The van der Waals surface area contributed by atoms with Crippen molar-refractivity contribution in [1.82, 2.24) is 10.2 Å². The number of hydrogen-bond donors (Lipinski definition) is 1. The zero-order valence-corrected chi connectivity index (χ0v) is 13.5. The van der Waals surface area contributed by atoms with E-state index in [2.05, 4.69) is 23.2 Å². The van der Waals surface area contributed by atoms with Crippen LogP contribution in [0.1, 0.15) is 56.2 Å². The molecule has 1 N–H and O–H groups in total. The summed E-state index contributed by atoms with van der Waals surface area (Å²) in [4.78, 5) is 2.57. The molecule has 3 heteroatoms. The predicted octanol–water partition coefficient (Wildman–Crippen LogP) is 4.05. The van der Waals surface area contributed by atoms with Crippen molar-refractivity contribution in [3.05, 3.63) is 35.1 Å². The predicted molar refractivity (Wildman–Crippen MR) is 87.1 cm³/mol. The first-order valence-corrected chi connectivity index (χ1v) is 8.42. The van der Waals surface area contributed by atoms with Crippen LogP contribution in [-0.2, 0) is 0 Å². The number of nitrogens with zero attached hydrogens (tertiary/aromatic N) is 1. The number of halogens is 1. The molecule has 0 spiro atoms. The number of likely N-dealkylation sites (tertiary alicyclic amines) is 1. The van der Waals surface area contributed by atoms with Crippen LogP contribution in [0.3, 0.4) is 0 Å². The molecule has 1 aromatic rings. The van der Waals surface area contributed by atoms with E-state index < -0.39 is 0 Å². The molecule has 1 atom stereocenters. The van der Waals surface area contributed by atoms with Gasteiger partial charge in [0.15, 0.2) is 0 Å². The first kappa shape index (κ1) is 16.4. The molecule has 1 unspecified atom stereocenters. The van der Waals surface area contributed by atoms with Crippen molar-refractivity contribution in [2.24, 2.45) is 0 Å². The van der Waals surface area contributed by atoms with E-state index in [1.165, 1.54) is 38.8 Å². The summed E-state index contributed by atoms with van der Waals surface area (Å²) in [6.45, 7) is 8.40. The minimum absolute atomic E-state index is 0.0924. The highest BCUT2D eigenvalue weighted by atomic mass is 19.1. The molecular formula is C18H29FN2. The molecule has 0 bridgehead atoms. The topological polar surface area (TPSA) is 15.3 Å². The van der Waals surface area contributed by atoms with Crippen LogP contribution in [0.4, 0.5) is 4.39 Å². The SMILES string of the molecule is CCNC(CCN1CCCCCC1)c1ccc(C)c(F)c1. The molecule has 21 heavy (non-hydrogen) atoms. The van der Waals surface area contributed by atoms with Crippen molar-refractivity contribution in [1.29, 1.82) is 0 Å². The molecule has 1 aliphatic heterocycles. The maximum atomic E-state index is 13.8. The summed E-state index contributed by atoms with van der Waals surface area (Å²) in [5, 5.41) is 3.51. The Morgan fingerprint density at radius 3 is 2.52 bits per heavy atom. The number of aryl methyl sites for hydroxylation is 1. The standard InChI is InChI=1S/C18H29FN2/c1-3-20-18(16-9-8-15(2)17(19)14-16)10-13-21-11-6-4-5-7-12-21/h8-9,14,18,20H,3-7,10-13H2,1-2H3. The first-order chi connectivity index (χ1) is 10.2. The highest BCUT2D eigenvalue weighted by Gasteiger charge is 2.15. The number of nitrogens with one attached hydrogen (secondary N) is 1. The summed E-state index contributed by atoms with van der Waals surface area (Å²) in [6, 6.07) is 5.91. The van der Waals surface area contributed by atoms with Gasteiger partial charge in [-0.25, -0.2) is 4.39 Å². The smallest absolute Gasteiger partial charge is 0.126 e. The second-order valence-electron chi connectivity index (χ2n) is 6.16. The van der Waals surface area contributed by atoms with Gasteiger partial charge >= 0.3 is 0 Å². The summed E-state index contributed by atoms with van der Waals surface area (Å²) in [7, 11) is 0. The van der Waals surface area contributed by atoms with Gasteiger partial charge in [-0.05, 0) is 69.6 Å². The van der Waals surface area contributed by atoms with Gasteiger partial charge in [0.25, 0.3) is 0 Å². The summed E-state index contributed by atoms with van der Waals surface area (Å²) < 4.78 is 13.8. The van der Waals surface area contributed by atoms with E-state index in [9.17, 15) is 4.39 Å². The van der Waals surface area contributed by atoms with Gasteiger partial charge in [-0.3, -0.25) is 0 Å². The molecule has 1 fully saturated rings. The molecule has 0 aliphatic carbocycles. The van der Waals surface area contributed by atoms with Gasteiger partial charge in [0.05, 0.1) is 0 Å². The first-order valence-electron chi connectivity index (χ1n) is 8.42. The Bertz CT molecular complexity index is 425. The average molecular weight is 292 g/mol. The molecule has 0 saturated carbocycles. The van der Waals surface area contributed by atoms with Gasteiger partial charge in [0.2, 0.25) is 0 Å². The van der Waals surface area contributed by atoms with Gasteiger partial charge < -0.3 is 10.2 Å². The highest BCUT2D eigenvalue weighted by Crippen LogP contribution is 2.21. The molecule has 0 radical (unpaired) electrons. The quantitative estimate of drug-likeness (QED) is 0.851. The van der Waals surface area contributed by atoms with Crippen molar-refractivity contribution in [3.8, 4) is 0 Å². The van der Waals surface area contributed by atoms with Crippen molar-refractivity contribution in [2.45, 2.75) is 52.0 Å². The van der Waals surface area contributed by atoms with Gasteiger partial charge in [-0.15, -0.1) is 0 Å². The molecule has 2 rings (SSSR count). The Kier molecular flexibility index (Phi) is 6.65. The van der Waals surface area contributed by atoms with E-state index in [0.29, 0.717) is 0 Å². The summed E-state index contributed by atoms with van der Waals surface area (Å²) >= 11 is 0. The summed E-state index contributed by atoms with van der Waals surface area (Å²) in [6.07, 6.45) is 6.44. The van der Waals surface area contributed by atoms with Crippen LogP contribution >= 0.6 is 0 Å². The molecule has 0 amide bonds. The molecule has 1 aliphatic rings. The van der Waals surface area contributed by atoms with Crippen LogP contribution in [0, 0.1) is 12.7 Å². The Balaban J connectivity index is 1.95. The van der Waals surface area contributed by atoms with Crippen molar-refractivity contribution in [2.75, 3.05) is 26.2 Å². The molecule has 1 heterocycles. The minimum atomic E-state index is -0.0924. The second-order valence-corrected chi connectivity index (χ2v) is 6.16. The maximum absolute atomic E-state index is 13.8. The Morgan fingerprint density at radius 2 is 1.90 bits per heavy atom. The molecular weight excluding hydrogens is 263 g/mol. The highest BCUT2D eigenvalue weighted by molar-refractivity contribution is 5.25. The Hall–Kier alpha value is -0.930. The zero-order valence-electron chi connectivity index (χ0n) is 13.5. The van der Waals surface area contributed by atoms with Crippen LogP contribution in [0.15, 0.2) is 18.2 Å². The van der Waals surface area contributed by atoms with Gasteiger partial charge in [0.1, 0.15) is 5.82 Å². The third-order valence-corrected chi connectivity index (χ3v) is 4.48. The second kappa shape index (κ2) is 8.50. The Labute approximate surface area is 128 Å². The van der Waals surface area contributed by atoms with Crippen LogP contribution in [0.2, 0.25) is 0 Å². The van der Waals surface area contributed by atoms with Gasteiger partial charge in [0, 0.05) is 6.04 Å². The van der Waals surface area contributed by atoms with E-state index >= 15 is 0 Å². The molecule has 118 valence electrons. The summed E-state index contributed by atoms with van der Waals surface area (Å²) in [5.41, 5.74) is 1.80. The van der Waals surface area contributed by atoms with Crippen molar-refractivity contribution < 1.29 is 4.39 Å². The maximum Gasteiger partial charge on any atom is 0.126 e. The fourth-order valence-corrected chi connectivity index (χ4v) is 3.13. The van der Waals surface area contributed by atoms with E-state index in [4.69, 9.17) is 0 Å². The van der Waals surface area contributed by atoms with Crippen LogP contribution in [0.25, 0.3) is 0 Å². The van der Waals surface area contributed by atoms with E-state index in [1.807, 2.05) is 13.0 Å². The molecule has 2 nitrogen and oxygen atoms in total. The van der Waals surface area contributed by atoms with Crippen molar-refractivity contribution in [3.63, 3.8) is 0 Å². The average Bonchev–Trinajstić information content (AvgIpc) is 2.75.